The lowest BCUT2D eigenvalue weighted by Gasteiger charge is -2.35. The molecule has 0 fully saturated rings. The maximum Gasteiger partial charge on any atom is 0.0923 e. The fraction of sp³-hybridized carbons (Fsp3) is 0.400. The Labute approximate surface area is 83.3 Å². The maximum absolute atomic E-state index is 8.93. The minimum atomic E-state index is -0.0588. The first-order valence-corrected chi connectivity index (χ1v) is 4.78. The number of nitrogens with zero attached hydrogens (tertiary/aromatic N) is 1. The first kappa shape index (κ1) is 9.30. The van der Waals surface area contributed by atoms with Crippen LogP contribution in [0.3, 0.4) is 0 Å². The van der Waals surface area contributed by atoms with Gasteiger partial charge in [0, 0.05) is 6.54 Å². The van der Waals surface area contributed by atoms with Crippen LogP contribution in [0.4, 0.5) is 11.4 Å². The second-order valence-electron chi connectivity index (χ2n) is 3.44. The van der Waals surface area contributed by atoms with Crippen molar-refractivity contribution in [3.05, 3.63) is 24.3 Å². The highest BCUT2D eigenvalue weighted by Gasteiger charge is 2.19. The van der Waals surface area contributed by atoms with Crippen molar-refractivity contribution in [1.82, 2.24) is 0 Å². The van der Waals surface area contributed by atoms with Crippen LogP contribution in [0.1, 0.15) is 0 Å². The minimum absolute atomic E-state index is 0.0588. The predicted molar refractivity (Wildman–Crippen MR) is 57.3 cm³/mol. The summed E-state index contributed by atoms with van der Waals surface area (Å²) in [7, 11) is 0. The van der Waals surface area contributed by atoms with E-state index in [-0.39, 0.29) is 12.8 Å². The molecular formula is C10H15N3O. The molecule has 76 valence electrons. The molecule has 0 bridgehead atoms. The molecule has 0 saturated heterocycles. The number of nitrogens with two attached hydrogens (primary N) is 1. The Morgan fingerprint density at radius 2 is 2.29 bits per heavy atom. The number of β-amino-alcohol motifs (C(OH)–C–C–N with tert-alkyl or cyclic N) is 1. The fourth-order valence-electron chi connectivity index (χ4n) is 1.79. The van der Waals surface area contributed by atoms with Gasteiger partial charge in [-0.1, -0.05) is 12.1 Å². The van der Waals surface area contributed by atoms with Crippen molar-refractivity contribution in [3.8, 4) is 0 Å². The van der Waals surface area contributed by atoms with Crippen LogP contribution in [0.5, 0.6) is 0 Å². The molecule has 0 aliphatic carbocycles. The highest BCUT2D eigenvalue weighted by atomic mass is 16.3. The number of benzene rings is 1. The van der Waals surface area contributed by atoms with Crippen molar-refractivity contribution in [2.75, 3.05) is 29.9 Å². The molecule has 0 saturated carbocycles. The van der Waals surface area contributed by atoms with Gasteiger partial charge in [0.1, 0.15) is 0 Å². The number of fused-ring (bicyclic) bond motifs is 1. The average Bonchev–Trinajstić information content (AvgIpc) is 2.18. The van der Waals surface area contributed by atoms with Gasteiger partial charge in [0.25, 0.3) is 0 Å². The molecule has 1 unspecified atom stereocenters. The molecule has 4 nitrogen and oxygen atoms in total. The van der Waals surface area contributed by atoms with Gasteiger partial charge in [-0.2, -0.15) is 0 Å². The molecule has 1 aromatic carbocycles. The van der Waals surface area contributed by atoms with Gasteiger partial charge in [0.15, 0.2) is 0 Å². The fourth-order valence-corrected chi connectivity index (χ4v) is 1.79. The number of anilines is 2. The van der Waals surface area contributed by atoms with E-state index in [0.717, 1.165) is 17.9 Å². The normalized spacial score (nSPS) is 20.1. The van der Waals surface area contributed by atoms with Gasteiger partial charge in [-0.25, -0.2) is 0 Å². The topological polar surface area (TPSA) is 61.5 Å². The summed E-state index contributed by atoms with van der Waals surface area (Å²) in [4.78, 5) is 2.09. The quantitative estimate of drug-likeness (QED) is 0.627. The third-order valence-electron chi connectivity index (χ3n) is 2.37. The lowest BCUT2D eigenvalue weighted by molar-refractivity contribution is 0.301. The van der Waals surface area contributed by atoms with E-state index >= 15 is 0 Å². The van der Waals surface area contributed by atoms with Gasteiger partial charge >= 0.3 is 0 Å². The minimum Gasteiger partial charge on any atom is -0.395 e. The molecule has 1 heterocycles. The van der Waals surface area contributed by atoms with Gasteiger partial charge < -0.3 is 21.1 Å². The summed E-state index contributed by atoms with van der Waals surface area (Å²) >= 11 is 0. The predicted octanol–water partition coefficient (Wildman–Crippen LogP) is 0.196. The van der Waals surface area contributed by atoms with E-state index in [1.165, 1.54) is 0 Å². The summed E-state index contributed by atoms with van der Waals surface area (Å²) in [6.07, 6.45) is -0.0588. The number of nitrogens with one attached hydrogen (secondary N) is 1. The highest BCUT2D eigenvalue weighted by molar-refractivity contribution is 5.72. The van der Waals surface area contributed by atoms with Crippen LogP contribution in [0.15, 0.2) is 24.3 Å². The van der Waals surface area contributed by atoms with E-state index in [2.05, 4.69) is 10.2 Å². The van der Waals surface area contributed by atoms with E-state index < -0.39 is 0 Å². The molecule has 0 spiro atoms. The Morgan fingerprint density at radius 1 is 1.50 bits per heavy atom. The molecular weight excluding hydrogens is 178 g/mol. The van der Waals surface area contributed by atoms with E-state index in [0.29, 0.717) is 6.54 Å². The van der Waals surface area contributed by atoms with Gasteiger partial charge in [-0.3, -0.25) is 0 Å². The monoisotopic (exact) mass is 193 g/mol. The standard InChI is InChI=1S/C10H15N3O/c11-10-7-13(5-6-14)9-4-2-1-3-8(9)12-10/h1-4,10,12,14H,5-7,11H2. The van der Waals surface area contributed by atoms with E-state index in [9.17, 15) is 0 Å². The van der Waals surface area contributed by atoms with Gasteiger partial charge in [-0.15, -0.1) is 0 Å². The second-order valence-corrected chi connectivity index (χ2v) is 3.44. The zero-order valence-electron chi connectivity index (χ0n) is 7.98. The third-order valence-corrected chi connectivity index (χ3v) is 2.37. The lowest BCUT2D eigenvalue weighted by Crippen LogP contribution is -2.47. The van der Waals surface area contributed by atoms with Gasteiger partial charge in [-0.05, 0) is 12.1 Å². The average molecular weight is 193 g/mol. The molecule has 1 atom stereocenters. The van der Waals surface area contributed by atoms with Crippen LogP contribution in [0.2, 0.25) is 0 Å². The van der Waals surface area contributed by atoms with Crippen LogP contribution in [-0.2, 0) is 0 Å². The Kier molecular flexibility index (Phi) is 2.56. The van der Waals surface area contributed by atoms with E-state index in [4.69, 9.17) is 10.8 Å². The van der Waals surface area contributed by atoms with E-state index in [1.54, 1.807) is 0 Å². The molecule has 4 heteroatoms. The zero-order chi connectivity index (χ0) is 9.97. The highest BCUT2D eigenvalue weighted by Crippen LogP contribution is 2.28. The number of hydrogen-bond donors (Lipinski definition) is 3. The molecule has 14 heavy (non-hydrogen) atoms. The number of aliphatic hydroxyl groups excluding tert-OH is 1. The summed E-state index contributed by atoms with van der Waals surface area (Å²) in [6.45, 7) is 1.52. The van der Waals surface area contributed by atoms with Crippen molar-refractivity contribution in [3.63, 3.8) is 0 Å². The van der Waals surface area contributed by atoms with Crippen molar-refractivity contribution in [2.45, 2.75) is 6.17 Å². The largest absolute Gasteiger partial charge is 0.395 e. The smallest absolute Gasteiger partial charge is 0.0923 e. The Hall–Kier alpha value is -1.26. The SMILES string of the molecule is NC1CN(CCO)c2ccccc2N1. The van der Waals surface area contributed by atoms with E-state index in [1.807, 2.05) is 24.3 Å². The van der Waals surface area contributed by atoms with Crippen LogP contribution < -0.4 is 16.0 Å². The van der Waals surface area contributed by atoms with Crippen LogP contribution in [0.25, 0.3) is 0 Å². The zero-order valence-corrected chi connectivity index (χ0v) is 7.98. The van der Waals surface area contributed by atoms with Crippen molar-refractivity contribution in [2.24, 2.45) is 5.73 Å². The molecule has 0 aromatic heterocycles. The Morgan fingerprint density at radius 3 is 3.07 bits per heavy atom. The summed E-state index contributed by atoms with van der Waals surface area (Å²) in [5.74, 6) is 0. The number of aliphatic hydroxyl groups is 1. The number of hydrogen-bond acceptors (Lipinski definition) is 4. The van der Waals surface area contributed by atoms with Crippen molar-refractivity contribution in [1.29, 1.82) is 0 Å². The summed E-state index contributed by atoms with van der Waals surface area (Å²) in [5.41, 5.74) is 7.99. The first-order valence-electron chi connectivity index (χ1n) is 4.78. The summed E-state index contributed by atoms with van der Waals surface area (Å²) < 4.78 is 0. The van der Waals surface area contributed by atoms with Crippen LogP contribution in [-0.4, -0.2) is 31.0 Å². The van der Waals surface area contributed by atoms with Crippen molar-refractivity contribution < 1.29 is 5.11 Å². The van der Waals surface area contributed by atoms with Crippen molar-refractivity contribution >= 4 is 11.4 Å². The molecule has 2 rings (SSSR count). The van der Waals surface area contributed by atoms with Crippen LogP contribution in [0, 0.1) is 0 Å². The molecule has 1 aliphatic rings. The summed E-state index contributed by atoms with van der Waals surface area (Å²) in [6, 6.07) is 7.99. The molecule has 1 aliphatic heterocycles. The maximum atomic E-state index is 8.93. The molecule has 1 aromatic rings. The second kappa shape index (κ2) is 3.86. The Balaban J connectivity index is 2.28. The molecule has 0 amide bonds. The van der Waals surface area contributed by atoms with Crippen LogP contribution >= 0.6 is 0 Å². The third kappa shape index (κ3) is 1.66. The Bertz CT molecular complexity index is 316. The molecule has 0 radical (unpaired) electrons. The van der Waals surface area contributed by atoms with Gasteiger partial charge in [0.05, 0.1) is 30.7 Å². The number of rotatable bonds is 2. The lowest BCUT2D eigenvalue weighted by atomic mass is 10.2. The van der Waals surface area contributed by atoms with Gasteiger partial charge in [0.2, 0.25) is 0 Å². The molecule has 4 N–H and O–H groups in total. The first-order chi connectivity index (χ1) is 6.81. The number of para-hydroxylation sites is 2. The summed E-state index contributed by atoms with van der Waals surface area (Å²) in [5, 5.41) is 12.1.